The summed E-state index contributed by atoms with van der Waals surface area (Å²) in [7, 11) is 0. The highest BCUT2D eigenvalue weighted by molar-refractivity contribution is 5.97. The predicted octanol–water partition coefficient (Wildman–Crippen LogP) is 3.38. The van der Waals surface area contributed by atoms with Gasteiger partial charge in [0, 0.05) is 29.5 Å². The van der Waals surface area contributed by atoms with Gasteiger partial charge < -0.3 is 25.7 Å². The van der Waals surface area contributed by atoms with Crippen molar-refractivity contribution < 1.29 is 54.5 Å². The number of nitrogens with one attached hydrogen (secondary N) is 1. The Hall–Kier alpha value is -3.62. The lowest BCUT2D eigenvalue weighted by atomic mass is 9.77. The minimum atomic E-state index is -5.08. The van der Waals surface area contributed by atoms with Crippen molar-refractivity contribution in [3.63, 3.8) is 0 Å². The topological polar surface area (TPSA) is 118 Å². The van der Waals surface area contributed by atoms with Gasteiger partial charge in [0.25, 0.3) is 11.6 Å². The molecule has 1 saturated heterocycles. The first-order chi connectivity index (χ1) is 16.6. The second-order valence-electron chi connectivity index (χ2n) is 8.10. The quantitative estimate of drug-likeness (QED) is 0.341. The molecule has 1 fully saturated rings. The Morgan fingerprint density at radius 2 is 1.89 bits per heavy atom. The number of hydrogen-bond donors (Lipinski definition) is 2. The molecular weight excluding hydrogens is 507 g/mol. The highest BCUT2D eigenvalue weighted by atomic mass is 19.4. The highest BCUT2D eigenvalue weighted by Crippen LogP contribution is 2.55. The lowest BCUT2D eigenvalue weighted by molar-refractivity contribution is -0.607. The third kappa shape index (κ3) is 4.74. The number of halogens is 7. The Balaban J connectivity index is 2.11. The van der Waals surface area contributed by atoms with Gasteiger partial charge in [-0.1, -0.05) is 13.0 Å². The molecule has 4 atom stereocenters. The van der Waals surface area contributed by atoms with Crippen LogP contribution in [0.3, 0.4) is 0 Å². The first-order valence-electron chi connectivity index (χ1n) is 10.1. The van der Waals surface area contributed by atoms with Crippen LogP contribution in [0.25, 0.3) is 0 Å². The molecule has 0 bridgehead atoms. The lowest BCUT2D eigenvalue weighted by Gasteiger charge is -2.32. The number of hydrogen-bond acceptors (Lipinski definition) is 5. The van der Waals surface area contributed by atoms with Crippen molar-refractivity contribution in [2.75, 3.05) is 5.32 Å². The van der Waals surface area contributed by atoms with Gasteiger partial charge in [0.05, 0.1) is 5.69 Å². The fourth-order valence-corrected chi connectivity index (χ4v) is 4.00. The van der Waals surface area contributed by atoms with E-state index in [9.17, 15) is 45.5 Å². The molecule has 8 nitrogen and oxygen atoms in total. The second kappa shape index (κ2) is 9.44. The van der Waals surface area contributed by atoms with Crippen molar-refractivity contribution >= 4 is 17.5 Å². The first-order valence-corrected chi connectivity index (χ1v) is 10.1. The molecule has 0 unspecified atom stereocenters. The average Bonchev–Trinajstić information content (AvgIpc) is 3.04. The highest BCUT2D eigenvalue weighted by Gasteiger charge is 2.66. The van der Waals surface area contributed by atoms with Gasteiger partial charge in [-0.3, -0.25) is 9.59 Å². The largest absolute Gasteiger partial charge is 0.618 e. The van der Waals surface area contributed by atoms with Crippen LogP contribution >= 0.6 is 0 Å². The average molecular weight is 525 g/mol. The molecule has 0 aliphatic carbocycles. The Morgan fingerprint density at radius 1 is 1.25 bits per heavy atom. The second-order valence-corrected chi connectivity index (χ2v) is 8.10. The van der Waals surface area contributed by atoms with E-state index in [1.807, 2.05) is 0 Å². The zero-order valence-corrected chi connectivity index (χ0v) is 18.4. The van der Waals surface area contributed by atoms with Gasteiger partial charge >= 0.3 is 18.7 Å². The van der Waals surface area contributed by atoms with Crippen LogP contribution in [-0.4, -0.2) is 36.3 Å². The van der Waals surface area contributed by atoms with Crippen LogP contribution in [0, 0.1) is 22.8 Å². The van der Waals surface area contributed by atoms with Gasteiger partial charge in [0.15, 0.2) is 23.4 Å². The number of nitrogens with two attached hydrogens (primary N) is 1. The van der Waals surface area contributed by atoms with E-state index >= 15 is 0 Å². The molecule has 196 valence electrons. The summed E-state index contributed by atoms with van der Waals surface area (Å²) in [5.41, 5.74) is 0.502. The summed E-state index contributed by atoms with van der Waals surface area (Å²) < 4.78 is 105. The van der Waals surface area contributed by atoms with Gasteiger partial charge in [-0.15, -0.1) is 0 Å². The van der Waals surface area contributed by atoms with Crippen molar-refractivity contribution in [3.8, 4) is 5.75 Å². The standard InChI is InChI=1S/C21H18F7N3O5/c1-8-13(10-3-4-11(22)14(23)15(10)35-19(24)25)16(36-20(8,2)21(26,27)28)18(33)30-9-5-6-31(34)12(7-9)17(29)32/h3-8,13,16,19H,1-2H3,(H2,29,32)(H,30,33)/t8-,13+,16+,20-/m0/s1. The Bertz CT molecular complexity index is 1190. The van der Waals surface area contributed by atoms with E-state index in [4.69, 9.17) is 10.5 Å². The van der Waals surface area contributed by atoms with Crippen molar-refractivity contribution in [1.82, 2.24) is 0 Å². The molecule has 2 heterocycles. The van der Waals surface area contributed by atoms with Crippen LogP contribution < -0.4 is 20.5 Å². The minimum absolute atomic E-state index is 0.0743. The van der Waals surface area contributed by atoms with Crippen molar-refractivity contribution in [1.29, 1.82) is 0 Å². The molecule has 0 saturated carbocycles. The van der Waals surface area contributed by atoms with Gasteiger partial charge in [-0.25, -0.2) is 4.39 Å². The number of rotatable bonds is 6. The summed E-state index contributed by atoms with van der Waals surface area (Å²) >= 11 is 0. The molecule has 3 rings (SSSR count). The number of amides is 2. The maximum absolute atomic E-state index is 14.4. The number of anilines is 1. The van der Waals surface area contributed by atoms with Crippen molar-refractivity contribution in [2.45, 2.75) is 44.3 Å². The van der Waals surface area contributed by atoms with E-state index < -0.39 is 76.8 Å². The van der Waals surface area contributed by atoms with Crippen LogP contribution in [0.15, 0.2) is 30.5 Å². The summed E-state index contributed by atoms with van der Waals surface area (Å²) in [6, 6.07) is 3.04. The summed E-state index contributed by atoms with van der Waals surface area (Å²) in [4.78, 5) is 24.4. The lowest BCUT2D eigenvalue weighted by Crippen LogP contribution is -2.47. The van der Waals surface area contributed by atoms with E-state index in [0.29, 0.717) is 13.0 Å². The third-order valence-corrected chi connectivity index (χ3v) is 6.01. The number of carbonyl (C=O) groups is 2. The van der Waals surface area contributed by atoms with Crippen molar-refractivity contribution in [3.05, 3.63) is 58.6 Å². The zero-order chi connectivity index (χ0) is 27.2. The molecule has 15 heteroatoms. The number of carbonyl (C=O) groups excluding carboxylic acids is 2. The Morgan fingerprint density at radius 3 is 2.44 bits per heavy atom. The van der Waals surface area contributed by atoms with Gasteiger partial charge in [-0.2, -0.15) is 31.1 Å². The van der Waals surface area contributed by atoms with Crippen LogP contribution in [0.2, 0.25) is 0 Å². The van der Waals surface area contributed by atoms with Gasteiger partial charge in [0.2, 0.25) is 5.82 Å². The number of pyridine rings is 1. The number of ether oxygens (including phenoxy) is 2. The Kier molecular flexibility index (Phi) is 7.08. The number of nitrogens with zero attached hydrogens (tertiary/aromatic N) is 1. The molecule has 1 aromatic carbocycles. The minimum Gasteiger partial charge on any atom is -0.618 e. The van der Waals surface area contributed by atoms with Gasteiger partial charge in [0.1, 0.15) is 6.10 Å². The summed E-state index contributed by atoms with van der Waals surface area (Å²) in [5.74, 6) is -10.8. The molecule has 1 aliphatic rings. The van der Waals surface area contributed by atoms with Crippen molar-refractivity contribution in [2.24, 2.45) is 11.7 Å². The summed E-state index contributed by atoms with van der Waals surface area (Å²) in [6.45, 7) is -2.07. The zero-order valence-electron chi connectivity index (χ0n) is 18.4. The molecular formula is C21H18F7N3O5. The van der Waals surface area contributed by atoms with Crippen LogP contribution in [0.5, 0.6) is 5.75 Å². The van der Waals surface area contributed by atoms with E-state index in [1.165, 1.54) is 0 Å². The molecule has 2 amide bonds. The SMILES string of the molecule is C[C@H]1[C@H](c2ccc(F)c(F)c2OC(F)F)[C@H](C(=O)Nc2cc[n+]([O-])c(C(N)=O)c2)O[C@]1(C)C(F)(F)F. The predicted molar refractivity (Wildman–Crippen MR) is 107 cm³/mol. The molecule has 1 aromatic heterocycles. The smallest absolute Gasteiger partial charge is 0.417 e. The summed E-state index contributed by atoms with van der Waals surface area (Å²) in [6.07, 6.45) is -6.38. The molecule has 1 aliphatic heterocycles. The van der Waals surface area contributed by atoms with E-state index in [0.717, 1.165) is 31.3 Å². The third-order valence-electron chi connectivity index (χ3n) is 6.01. The van der Waals surface area contributed by atoms with E-state index in [1.54, 1.807) is 0 Å². The molecule has 3 N–H and O–H groups in total. The molecule has 0 radical (unpaired) electrons. The molecule has 0 spiro atoms. The van der Waals surface area contributed by atoms with Crippen LogP contribution in [0.1, 0.15) is 35.8 Å². The summed E-state index contributed by atoms with van der Waals surface area (Å²) in [5, 5.41) is 13.8. The Labute approximate surface area is 198 Å². The van der Waals surface area contributed by atoms with Gasteiger partial charge in [-0.05, 0) is 13.0 Å². The monoisotopic (exact) mass is 525 g/mol. The van der Waals surface area contributed by atoms with Crippen LogP contribution in [-0.2, 0) is 9.53 Å². The fraction of sp³-hybridized carbons (Fsp3) is 0.381. The molecule has 36 heavy (non-hydrogen) atoms. The number of aromatic nitrogens is 1. The number of benzene rings is 1. The fourth-order valence-electron chi connectivity index (χ4n) is 4.00. The maximum atomic E-state index is 14.4. The van der Waals surface area contributed by atoms with E-state index in [-0.39, 0.29) is 10.4 Å². The normalized spacial score (nSPS) is 24.1. The van der Waals surface area contributed by atoms with Crippen LogP contribution in [0.4, 0.5) is 36.4 Å². The number of alkyl halides is 5. The first kappa shape index (κ1) is 27.0. The van der Waals surface area contributed by atoms with E-state index in [2.05, 4.69) is 10.1 Å². The number of primary amides is 1. The maximum Gasteiger partial charge on any atom is 0.417 e. The molecule has 2 aromatic rings.